The van der Waals surface area contributed by atoms with Crippen molar-refractivity contribution < 1.29 is 9.18 Å². The lowest BCUT2D eigenvalue weighted by Crippen LogP contribution is -2.17. The predicted molar refractivity (Wildman–Crippen MR) is 79.4 cm³/mol. The number of halogens is 1. The molecule has 2 N–H and O–H groups in total. The van der Waals surface area contributed by atoms with Crippen molar-refractivity contribution in [3.05, 3.63) is 59.4 Å². The van der Waals surface area contributed by atoms with E-state index in [9.17, 15) is 9.18 Å². The summed E-state index contributed by atoms with van der Waals surface area (Å²) in [6.07, 6.45) is 0. The molecule has 0 atom stereocenters. The highest BCUT2D eigenvalue weighted by molar-refractivity contribution is 6.00. The van der Waals surface area contributed by atoms with E-state index in [4.69, 9.17) is 5.73 Å². The molecule has 0 bridgehead atoms. The number of nitrogens with zero attached hydrogens (tertiary/aromatic N) is 1. The smallest absolute Gasteiger partial charge is 0.161 e. The number of ketones is 1. The minimum absolute atomic E-state index is 0.0560. The van der Waals surface area contributed by atoms with Gasteiger partial charge in [-0.2, -0.15) is 0 Å². The zero-order valence-corrected chi connectivity index (χ0v) is 11.6. The number of nitrogen functional groups attached to an aromatic ring is 1. The van der Waals surface area contributed by atoms with Gasteiger partial charge in [-0.3, -0.25) is 4.79 Å². The molecule has 20 heavy (non-hydrogen) atoms. The summed E-state index contributed by atoms with van der Waals surface area (Å²) in [6, 6.07) is 11.7. The van der Waals surface area contributed by atoms with Crippen molar-refractivity contribution in [3.63, 3.8) is 0 Å². The molecule has 0 saturated carbocycles. The van der Waals surface area contributed by atoms with Crippen molar-refractivity contribution in [1.29, 1.82) is 0 Å². The van der Waals surface area contributed by atoms with Crippen LogP contribution in [0.4, 0.5) is 15.8 Å². The highest BCUT2D eigenvalue weighted by atomic mass is 19.1. The lowest BCUT2D eigenvalue weighted by molar-refractivity contribution is 0.101. The molecule has 2 rings (SSSR count). The second-order valence-corrected chi connectivity index (χ2v) is 4.81. The summed E-state index contributed by atoms with van der Waals surface area (Å²) in [5, 5.41) is 0. The Hall–Kier alpha value is -2.36. The van der Waals surface area contributed by atoms with Crippen LogP contribution in [-0.2, 0) is 6.54 Å². The highest BCUT2D eigenvalue weighted by Crippen LogP contribution is 2.22. The van der Waals surface area contributed by atoms with Gasteiger partial charge in [-0.1, -0.05) is 12.1 Å². The summed E-state index contributed by atoms with van der Waals surface area (Å²) in [4.78, 5) is 13.5. The molecule has 104 valence electrons. The van der Waals surface area contributed by atoms with Gasteiger partial charge in [-0.05, 0) is 42.8 Å². The molecule has 0 saturated heterocycles. The van der Waals surface area contributed by atoms with Crippen LogP contribution in [0.25, 0.3) is 0 Å². The van der Waals surface area contributed by atoms with Crippen molar-refractivity contribution in [2.75, 3.05) is 17.7 Å². The van der Waals surface area contributed by atoms with Crippen LogP contribution in [0.2, 0.25) is 0 Å². The average Bonchev–Trinajstić information content (AvgIpc) is 2.41. The summed E-state index contributed by atoms with van der Waals surface area (Å²) >= 11 is 0. The van der Waals surface area contributed by atoms with Gasteiger partial charge in [0.15, 0.2) is 5.78 Å². The molecule has 0 aromatic heterocycles. The number of hydrogen-bond acceptors (Lipinski definition) is 3. The Morgan fingerprint density at radius 2 is 1.85 bits per heavy atom. The maximum atomic E-state index is 12.9. The molecule has 0 heterocycles. The molecule has 0 aliphatic rings. The molecule has 0 radical (unpaired) electrons. The van der Waals surface area contributed by atoms with Crippen LogP contribution in [-0.4, -0.2) is 12.8 Å². The van der Waals surface area contributed by atoms with E-state index in [1.165, 1.54) is 19.1 Å². The molecular formula is C16H17FN2O. The highest BCUT2D eigenvalue weighted by Gasteiger charge is 2.09. The van der Waals surface area contributed by atoms with Crippen LogP contribution in [0.3, 0.4) is 0 Å². The number of anilines is 2. The molecule has 4 heteroatoms. The van der Waals surface area contributed by atoms with Crippen molar-refractivity contribution in [2.24, 2.45) is 0 Å². The van der Waals surface area contributed by atoms with Crippen LogP contribution in [0.15, 0.2) is 42.5 Å². The fourth-order valence-electron chi connectivity index (χ4n) is 2.04. The van der Waals surface area contributed by atoms with Gasteiger partial charge in [-0.15, -0.1) is 0 Å². The van der Waals surface area contributed by atoms with E-state index >= 15 is 0 Å². The van der Waals surface area contributed by atoms with E-state index < -0.39 is 0 Å². The quantitative estimate of drug-likeness (QED) is 0.686. The van der Waals surface area contributed by atoms with E-state index in [1.54, 1.807) is 24.3 Å². The second kappa shape index (κ2) is 5.74. The van der Waals surface area contributed by atoms with E-state index in [-0.39, 0.29) is 11.6 Å². The lowest BCUT2D eigenvalue weighted by atomic mass is 10.1. The van der Waals surface area contributed by atoms with Gasteiger partial charge in [0.2, 0.25) is 0 Å². The maximum absolute atomic E-state index is 12.9. The van der Waals surface area contributed by atoms with Crippen LogP contribution >= 0.6 is 0 Å². The molecule has 0 fully saturated rings. The Morgan fingerprint density at radius 3 is 2.45 bits per heavy atom. The molecule has 0 spiro atoms. The van der Waals surface area contributed by atoms with E-state index in [2.05, 4.69) is 0 Å². The molecule has 0 unspecified atom stereocenters. The Kier molecular flexibility index (Phi) is 4.03. The van der Waals surface area contributed by atoms with Gasteiger partial charge in [0.25, 0.3) is 0 Å². The summed E-state index contributed by atoms with van der Waals surface area (Å²) < 4.78 is 12.9. The number of carbonyl (C=O) groups is 1. The predicted octanol–water partition coefficient (Wildman–Crippen LogP) is 3.25. The second-order valence-electron chi connectivity index (χ2n) is 4.81. The first-order chi connectivity index (χ1) is 9.47. The fraction of sp³-hybridized carbons (Fsp3) is 0.188. The Bertz CT molecular complexity index is 623. The normalized spacial score (nSPS) is 10.3. The Labute approximate surface area is 117 Å². The van der Waals surface area contributed by atoms with E-state index in [1.807, 2.05) is 18.0 Å². The lowest BCUT2D eigenvalue weighted by Gasteiger charge is -2.20. The molecule has 2 aromatic carbocycles. The Balaban J connectivity index is 2.20. The van der Waals surface area contributed by atoms with Crippen molar-refractivity contribution in [1.82, 2.24) is 0 Å². The molecule has 0 amide bonds. The Morgan fingerprint density at radius 1 is 1.20 bits per heavy atom. The van der Waals surface area contributed by atoms with Gasteiger partial charge < -0.3 is 10.6 Å². The number of Topliss-reactive ketones (excluding diaryl/α,β-unsaturated/α-hetero) is 1. The third kappa shape index (κ3) is 3.15. The summed E-state index contributed by atoms with van der Waals surface area (Å²) in [7, 11) is 1.92. The summed E-state index contributed by atoms with van der Waals surface area (Å²) in [5.74, 6) is -0.303. The SMILES string of the molecule is CC(=O)c1cc(N(C)Cc2ccc(F)cc2)ccc1N. The van der Waals surface area contributed by atoms with Crippen LogP contribution in [0.5, 0.6) is 0 Å². The topological polar surface area (TPSA) is 46.3 Å². The van der Waals surface area contributed by atoms with E-state index in [0.717, 1.165) is 11.3 Å². The van der Waals surface area contributed by atoms with Gasteiger partial charge in [-0.25, -0.2) is 4.39 Å². The summed E-state index contributed by atoms with van der Waals surface area (Å²) in [6.45, 7) is 2.12. The number of rotatable bonds is 4. The molecular weight excluding hydrogens is 255 g/mol. The largest absolute Gasteiger partial charge is 0.398 e. The van der Waals surface area contributed by atoms with Gasteiger partial charge in [0.1, 0.15) is 5.82 Å². The van der Waals surface area contributed by atoms with Crippen molar-refractivity contribution in [3.8, 4) is 0 Å². The number of nitrogens with two attached hydrogens (primary N) is 1. The third-order valence-corrected chi connectivity index (χ3v) is 3.19. The standard InChI is InChI=1S/C16H17FN2O/c1-11(20)15-9-14(7-8-16(15)18)19(2)10-12-3-5-13(17)6-4-12/h3-9H,10,18H2,1-2H3. The van der Waals surface area contributed by atoms with Gasteiger partial charge in [0, 0.05) is 30.5 Å². The van der Waals surface area contributed by atoms with E-state index in [0.29, 0.717) is 17.8 Å². The molecule has 3 nitrogen and oxygen atoms in total. The number of benzene rings is 2. The zero-order chi connectivity index (χ0) is 14.7. The first-order valence-corrected chi connectivity index (χ1v) is 6.33. The number of carbonyl (C=O) groups excluding carboxylic acids is 1. The van der Waals surface area contributed by atoms with Crippen LogP contribution in [0, 0.1) is 5.82 Å². The third-order valence-electron chi connectivity index (χ3n) is 3.19. The minimum Gasteiger partial charge on any atom is -0.398 e. The average molecular weight is 272 g/mol. The van der Waals surface area contributed by atoms with Crippen molar-refractivity contribution >= 4 is 17.2 Å². The maximum Gasteiger partial charge on any atom is 0.161 e. The van der Waals surface area contributed by atoms with Crippen LogP contribution < -0.4 is 10.6 Å². The minimum atomic E-state index is -0.247. The van der Waals surface area contributed by atoms with Gasteiger partial charge in [0.05, 0.1) is 0 Å². The molecule has 0 aliphatic carbocycles. The first-order valence-electron chi connectivity index (χ1n) is 6.33. The molecule has 2 aromatic rings. The molecule has 0 aliphatic heterocycles. The fourth-order valence-corrected chi connectivity index (χ4v) is 2.04. The monoisotopic (exact) mass is 272 g/mol. The van der Waals surface area contributed by atoms with Crippen molar-refractivity contribution in [2.45, 2.75) is 13.5 Å². The summed E-state index contributed by atoms with van der Waals surface area (Å²) in [5.41, 5.74) is 8.68. The number of hydrogen-bond donors (Lipinski definition) is 1. The van der Waals surface area contributed by atoms with Gasteiger partial charge >= 0.3 is 0 Å². The first kappa shape index (κ1) is 14.1. The zero-order valence-electron chi connectivity index (χ0n) is 11.6. The van der Waals surface area contributed by atoms with Crippen LogP contribution in [0.1, 0.15) is 22.8 Å².